The summed E-state index contributed by atoms with van der Waals surface area (Å²) in [4.78, 5) is 9.82. The van der Waals surface area contributed by atoms with Crippen LogP contribution < -0.4 is 0 Å². The first-order valence-electron chi connectivity index (χ1n) is 2.72. The van der Waals surface area contributed by atoms with Crippen LogP contribution in [0.3, 0.4) is 0 Å². The highest BCUT2D eigenvalue weighted by atomic mass is 16.5. The molecule has 0 radical (unpaired) electrons. The summed E-state index contributed by atoms with van der Waals surface area (Å²) in [7, 11) is 0. The molecule has 0 aromatic carbocycles. The minimum atomic E-state index is -1.03. The number of hydrogen-bond acceptors (Lipinski definition) is 2. The van der Waals surface area contributed by atoms with Gasteiger partial charge < -0.3 is 9.84 Å². The Kier molecular flexibility index (Phi) is 4.89. The van der Waals surface area contributed by atoms with Crippen molar-refractivity contribution in [2.24, 2.45) is 0 Å². The third kappa shape index (κ3) is 6.57. The molecule has 0 saturated heterocycles. The van der Waals surface area contributed by atoms with Gasteiger partial charge in [-0.25, -0.2) is 4.79 Å². The molecular formula is C7H8O3. The SMILES string of the molecule is C#CCCOC=CC(=O)O. The molecule has 0 aromatic rings. The maximum atomic E-state index is 9.82. The zero-order valence-corrected chi connectivity index (χ0v) is 5.41. The molecule has 0 bridgehead atoms. The van der Waals surface area contributed by atoms with Gasteiger partial charge in [-0.1, -0.05) is 0 Å². The number of carboxylic acids is 1. The number of carboxylic acid groups (broad SMARTS) is 1. The summed E-state index contributed by atoms with van der Waals surface area (Å²) in [5, 5.41) is 8.06. The van der Waals surface area contributed by atoms with Crippen molar-refractivity contribution in [1.29, 1.82) is 0 Å². The van der Waals surface area contributed by atoms with E-state index in [-0.39, 0.29) is 0 Å². The first-order chi connectivity index (χ1) is 4.77. The van der Waals surface area contributed by atoms with Crippen LogP contribution in [0.15, 0.2) is 12.3 Å². The van der Waals surface area contributed by atoms with Crippen LogP contribution in [0.2, 0.25) is 0 Å². The van der Waals surface area contributed by atoms with Crippen LogP contribution in [0.4, 0.5) is 0 Å². The standard InChI is InChI=1S/C7H8O3/c1-2-3-5-10-6-4-7(8)9/h1,4,6H,3,5H2,(H,8,9). The molecule has 0 atom stereocenters. The summed E-state index contributed by atoms with van der Waals surface area (Å²) < 4.78 is 4.68. The fourth-order valence-electron chi connectivity index (χ4n) is 0.292. The van der Waals surface area contributed by atoms with Crippen molar-refractivity contribution in [3.8, 4) is 12.3 Å². The molecule has 3 nitrogen and oxygen atoms in total. The lowest BCUT2D eigenvalue weighted by Gasteiger charge is -1.92. The van der Waals surface area contributed by atoms with E-state index in [0.29, 0.717) is 13.0 Å². The van der Waals surface area contributed by atoms with E-state index >= 15 is 0 Å². The number of carbonyl (C=O) groups is 1. The quantitative estimate of drug-likeness (QED) is 0.269. The normalized spacial score (nSPS) is 9.10. The molecule has 0 fully saturated rings. The fourth-order valence-corrected chi connectivity index (χ4v) is 0.292. The van der Waals surface area contributed by atoms with Crippen LogP contribution in [0.1, 0.15) is 6.42 Å². The Morgan fingerprint density at radius 1 is 1.80 bits per heavy atom. The van der Waals surface area contributed by atoms with Crippen LogP contribution >= 0.6 is 0 Å². The Labute approximate surface area is 59.3 Å². The first kappa shape index (κ1) is 8.57. The summed E-state index contributed by atoms with van der Waals surface area (Å²) in [6, 6.07) is 0. The van der Waals surface area contributed by atoms with Crippen LogP contribution in [0.25, 0.3) is 0 Å². The van der Waals surface area contributed by atoms with E-state index in [1.165, 1.54) is 0 Å². The predicted molar refractivity (Wildman–Crippen MR) is 36.2 cm³/mol. The van der Waals surface area contributed by atoms with Gasteiger partial charge in [-0.15, -0.1) is 12.3 Å². The maximum absolute atomic E-state index is 9.82. The molecule has 1 N–H and O–H groups in total. The number of aliphatic carboxylic acids is 1. The van der Waals surface area contributed by atoms with Gasteiger partial charge in [0.2, 0.25) is 0 Å². The molecular weight excluding hydrogens is 132 g/mol. The van der Waals surface area contributed by atoms with E-state index in [4.69, 9.17) is 11.5 Å². The molecule has 0 unspecified atom stereocenters. The Morgan fingerprint density at radius 3 is 3.00 bits per heavy atom. The highest BCUT2D eigenvalue weighted by Gasteiger charge is 1.83. The van der Waals surface area contributed by atoms with E-state index in [2.05, 4.69) is 10.7 Å². The summed E-state index contributed by atoms with van der Waals surface area (Å²) in [5.74, 6) is 1.32. The number of ether oxygens (including phenoxy) is 1. The first-order valence-corrected chi connectivity index (χ1v) is 2.72. The van der Waals surface area contributed by atoms with E-state index in [0.717, 1.165) is 12.3 Å². The molecule has 0 heterocycles. The molecule has 54 valence electrons. The van der Waals surface area contributed by atoms with Crippen molar-refractivity contribution < 1.29 is 14.6 Å². The van der Waals surface area contributed by atoms with Crippen molar-refractivity contribution in [1.82, 2.24) is 0 Å². The van der Waals surface area contributed by atoms with Crippen LogP contribution in [0.5, 0.6) is 0 Å². The Hall–Kier alpha value is -1.43. The molecule has 0 rings (SSSR count). The fraction of sp³-hybridized carbons (Fsp3) is 0.286. The number of hydrogen-bond donors (Lipinski definition) is 1. The lowest BCUT2D eigenvalue weighted by molar-refractivity contribution is -0.131. The summed E-state index contributed by atoms with van der Waals surface area (Å²) in [6.45, 7) is 0.361. The molecule has 0 aliphatic heterocycles. The minimum absolute atomic E-state index is 0.361. The molecule has 0 aromatic heterocycles. The monoisotopic (exact) mass is 140 g/mol. The molecule has 3 heteroatoms. The van der Waals surface area contributed by atoms with E-state index in [1.807, 2.05) is 0 Å². The van der Waals surface area contributed by atoms with Gasteiger partial charge in [0, 0.05) is 6.42 Å². The second-order valence-corrected chi connectivity index (χ2v) is 1.47. The average Bonchev–Trinajstić information content (AvgIpc) is 1.87. The van der Waals surface area contributed by atoms with Crippen molar-refractivity contribution in [2.45, 2.75) is 6.42 Å². The highest BCUT2D eigenvalue weighted by Crippen LogP contribution is 1.81. The van der Waals surface area contributed by atoms with Gasteiger partial charge in [-0.2, -0.15) is 0 Å². The van der Waals surface area contributed by atoms with Gasteiger partial charge in [0.05, 0.1) is 18.9 Å². The predicted octanol–water partition coefficient (Wildman–Crippen LogP) is 0.625. The third-order valence-corrected chi connectivity index (χ3v) is 0.671. The molecule has 0 amide bonds. The van der Waals surface area contributed by atoms with Crippen molar-refractivity contribution >= 4 is 5.97 Å². The summed E-state index contributed by atoms with van der Waals surface area (Å²) in [6.07, 6.45) is 7.41. The van der Waals surface area contributed by atoms with E-state index in [1.54, 1.807) is 0 Å². The van der Waals surface area contributed by atoms with Crippen LogP contribution in [-0.4, -0.2) is 17.7 Å². The average molecular weight is 140 g/mol. The van der Waals surface area contributed by atoms with E-state index in [9.17, 15) is 4.79 Å². The van der Waals surface area contributed by atoms with Crippen molar-refractivity contribution in [3.63, 3.8) is 0 Å². The number of terminal acetylenes is 1. The summed E-state index contributed by atoms with van der Waals surface area (Å²) >= 11 is 0. The van der Waals surface area contributed by atoms with Crippen LogP contribution in [0, 0.1) is 12.3 Å². The van der Waals surface area contributed by atoms with E-state index < -0.39 is 5.97 Å². The summed E-state index contributed by atoms with van der Waals surface area (Å²) in [5.41, 5.74) is 0. The molecule has 10 heavy (non-hydrogen) atoms. The lowest BCUT2D eigenvalue weighted by atomic mass is 10.5. The molecule has 0 saturated carbocycles. The number of rotatable bonds is 4. The van der Waals surface area contributed by atoms with Gasteiger partial charge in [-0.3, -0.25) is 0 Å². The van der Waals surface area contributed by atoms with Gasteiger partial charge in [0.1, 0.15) is 0 Å². The van der Waals surface area contributed by atoms with Crippen molar-refractivity contribution in [2.75, 3.05) is 6.61 Å². The van der Waals surface area contributed by atoms with Crippen LogP contribution in [-0.2, 0) is 9.53 Å². The zero-order chi connectivity index (χ0) is 7.82. The van der Waals surface area contributed by atoms with Gasteiger partial charge in [-0.05, 0) is 0 Å². The second kappa shape index (κ2) is 5.70. The van der Waals surface area contributed by atoms with Gasteiger partial charge in [0.15, 0.2) is 0 Å². The second-order valence-electron chi connectivity index (χ2n) is 1.47. The Balaban J connectivity index is 3.20. The molecule has 0 aliphatic rings. The van der Waals surface area contributed by atoms with Gasteiger partial charge in [0.25, 0.3) is 0 Å². The maximum Gasteiger partial charge on any atom is 0.331 e. The largest absolute Gasteiger partial charge is 0.500 e. The third-order valence-electron chi connectivity index (χ3n) is 0.671. The molecule has 0 spiro atoms. The topological polar surface area (TPSA) is 46.5 Å². The minimum Gasteiger partial charge on any atom is -0.500 e. The zero-order valence-electron chi connectivity index (χ0n) is 5.41. The Bertz CT molecular complexity index is 164. The van der Waals surface area contributed by atoms with Crippen molar-refractivity contribution in [3.05, 3.63) is 12.3 Å². The smallest absolute Gasteiger partial charge is 0.331 e. The van der Waals surface area contributed by atoms with Gasteiger partial charge >= 0.3 is 5.97 Å². The highest BCUT2D eigenvalue weighted by molar-refractivity contribution is 5.79. The molecule has 0 aliphatic carbocycles. The lowest BCUT2D eigenvalue weighted by Crippen LogP contribution is -1.89. The Morgan fingerprint density at radius 2 is 2.50 bits per heavy atom.